The first-order chi connectivity index (χ1) is 9.63. The van der Waals surface area contributed by atoms with Gasteiger partial charge in [-0.3, -0.25) is 4.79 Å². The summed E-state index contributed by atoms with van der Waals surface area (Å²) in [5.74, 6) is 0.585. The van der Waals surface area contributed by atoms with E-state index < -0.39 is 0 Å². The quantitative estimate of drug-likeness (QED) is 0.753. The van der Waals surface area contributed by atoms with Gasteiger partial charge in [0.25, 0.3) is 11.7 Å². The van der Waals surface area contributed by atoms with Crippen molar-refractivity contribution in [1.82, 2.24) is 24.9 Å². The van der Waals surface area contributed by atoms with Crippen molar-refractivity contribution in [2.45, 2.75) is 26.7 Å². The predicted octanol–water partition coefficient (Wildman–Crippen LogP) is 0.571. The minimum atomic E-state index is -0.163. The molecule has 2 rings (SSSR count). The van der Waals surface area contributed by atoms with Crippen LogP contribution in [-0.2, 0) is 0 Å². The molecule has 2 heterocycles. The molecule has 2 aromatic heterocycles. The molecule has 7 heteroatoms. The first-order valence-corrected chi connectivity index (χ1v) is 6.68. The number of rotatable bonds is 6. The van der Waals surface area contributed by atoms with Gasteiger partial charge in [-0.05, 0) is 25.7 Å². The van der Waals surface area contributed by atoms with Crippen LogP contribution in [0.4, 0.5) is 0 Å². The average molecular weight is 277 g/mol. The number of amides is 1. The van der Waals surface area contributed by atoms with E-state index in [1.54, 1.807) is 4.52 Å². The molecule has 0 saturated heterocycles. The average Bonchev–Trinajstić information content (AvgIpc) is 2.92. The fourth-order valence-corrected chi connectivity index (χ4v) is 1.95. The summed E-state index contributed by atoms with van der Waals surface area (Å²) in [5.41, 5.74) is 1.21. The van der Waals surface area contributed by atoms with E-state index in [0.717, 1.165) is 12.8 Å². The number of nitrogens with one attached hydrogen (secondary N) is 1. The number of aromatic nitrogens is 4. The Labute approximate surface area is 117 Å². The molecule has 0 spiro atoms. The molecule has 0 saturated carbocycles. The lowest BCUT2D eigenvalue weighted by molar-refractivity contribution is 0.0950. The second-order valence-corrected chi connectivity index (χ2v) is 4.92. The van der Waals surface area contributed by atoms with Crippen LogP contribution in [0.1, 0.15) is 35.8 Å². The van der Waals surface area contributed by atoms with Crippen LogP contribution in [0.15, 0.2) is 12.5 Å². The number of aliphatic hydroxyl groups excluding tert-OH is 1. The monoisotopic (exact) mass is 277 g/mol. The van der Waals surface area contributed by atoms with Gasteiger partial charge in [-0.25, -0.2) is 9.50 Å². The maximum Gasteiger partial charge on any atom is 0.254 e. The number of hydrogen-bond acceptors (Lipinski definition) is 5. The highest BCUT2D eigenvalue weighted by Gasteiger charge is 2.13. The number of carbonyl (C=O) groups is 1. The van der Waals surface area contributed by atoms with Gasteiger partial charge >= 0.3 is 0 Å². The van der Waals surface area contributed by atoms with Crippen LogP contribution in [0.3, 0.4) is 0 Å². The molecule has 20 heavy (non-hydrogen) atoms. The molecule has 1 atom stereocenters. The van der Waals surface area contributed by atoms with Gasteiger partial charge in [-0.15, -0.1) is 0 Å². The predicted molar refractivity (Wildman–Crippen MR) is 73.3 cm³/mol. The molecule has 1 unspecified atom stereocenters. The van der Waals surface area contributed by atoms with Gasteiger partial charge in [0.05, 0.1) is 11.3 Å². The van der Waals surface area contributed by atoms with Crippen molar-refractivity contribution in [3.05, 3.63) is 23.8 Å². The van der Waals surface area contributed by atoms with E-state index in [0.29, 0.717) is 23.6 Å². The smallest absolute Gasteiger partial charge is 0.254 e. The minimum Gasteiger partial charge on any atom is -0.396 e. The Kier molecular flexibility index (Phi) is 4.62. The van der Waals surface area contributed by atoms with E-state index in [1.165, 1.54) is 12.5 Å². The number of nitrogens with zero attached hydrogens (tertiary/aromatic N) is 4. The number of fused-ring (bicyclic) bond motifs is 1. The van der Waals surface area contributed by atoms with Crippen LogP contribution in [-0.4, -0.2) is 43.7 Å². The van der Waals surface area contributed by atoms with Crippen molar-refractivity contribution in [3.63, 3.8) is 0 Å². The van der Waals surface area contributed by atoms with E-state index >= 15 is 0 Å². The normalized spacial score (nSPS) is 12.6. The lowest BCUT2D eigenvalue weighted by Crippen LogP contribution is -2.26. The molecule has 0 aromatic carbocycles. The van der Waals surface area contributed by atoms with Gasteiger partial charge in [-0.2, -0.15) is 10.1 Å². The number of aliphatic hydroxyl groups is 1. The fourth-order valence-electron chi connectivity index (χ4n) is 1.95. The SMILES string of the molecule is Cc1c(C(=O)NCCCC(C)CO)cnc2ncnn12. The van der Waals surface area contributed by atoms with Gasteiger partial charge < -0.3 is 10.4 Å². The Hall–Kier alpha value is -2.02. The van der Waals surface area contributed by atoms with Crippen molar-refractivity contribution >= 4 is 11.7 Å². The molecule has 2 aromatic rings. The fraction of sp³-hybridized carbons (Fsp3) is 0.538. The van der Waals surface area contributed by atoms with Crippen LogP contribution < -0.4 is 5.32 Å². The summed E-state index contributed by atoms with van der Waals surface area (Å²) in [6.45, 7) is 4.55. The molecule has 1 amide bonds. The van der Waals surface area contributed by atoms with E-state index in [1.807, 2.05) is 13.8 Å². The van der Waals surface area contributed by atoms with Gasteiger partial charge in [0.2, 0.25) is 0 Å². The van der Waals surface area contributed by atoms with Crippen LogP contribution in [0, 0.1) is 12.8 Å². The number of hydrogen-bond donors (Lipinski definition) is 2. The van der Waals surface area contributed by atoms with Crippen molar-refractivity contribution in [1.29, 1.82) is 0 Å². The maximum absolute atomic E-state index is 12.1. The van der Waals surface area contributed by atoms with E-state index in [4.69, 9.17) is 5.11 Å². The molecule has 0 aliphatic heterocycles. The maximum atomic E-state index is 12.1. The lowest BCUT2D eigenvalue weighted by Gasteiger charge is -2.09. The van der Waals surface area contributed by atoms with Gasteiger partial charge in [0.1, 0.15) is 6.33 Å². The Bertz CT molecular complexity index is 595. The van der Waals surface area contributed by atoms with E-state index in [2.05, 4.69) is 20.4 Å². The lowest BCUT2D eigenvalue weighted by atomic mass is 10.1. The Balaban J connectivity index is 1.95. The van der Waals surface area contributed by atoms with Crippen molar-refractivity contribution in [2.75, 3.05) is 13.2 Å². The second-order valence-electron chi connectivity index (χ2n) is 4.92. The van der Waals surface area contributed by atoms with Crippen LogP contribution in [0.5, 0.6) is 0 Å². The second kappa shape index (κ2) is 6.42. The van der Waals surface area contributed by atoms with Crippen molar-refractivity contribution < 1.29 is 9.90 Å². The largest absolute Gasteiger partial charge is 0.396 e. The number of aryl methyl sites for hydroxylation is 1. The summed E-state index contributed by atoms with van der Waals surface area (Å²) in [6, 6.07) is 0. The molecule has 0 aliphatic carbocycles. The molecule has 0 radical (unpaired) electrons. The van der Waals surface area contributed by atoms with Crippen LogP contribution >= 0.6 is 0 Å². The van der Waals surface area contributed by atoms with Gasteiger partial charge in [0.15, 0.2) is 0 Å². The molecule has 2 N–H and O–H groups in total. The minimum absolute atomic E-state index is 0.163. The first kappa shape index (κ1) is 14.4. The first-order valence-electron chi connectivity index (χ1n) is 6.68. The third-order valence-electron chi connectivity index (χ3n) is 3.26. The standard InChI is InChI=1S/C13H19N5O2/c1-9(7-19)4-3-5-14-12(20)11-6-15-13-16-8-17-18(13)10(11)2/h6,8-9,19H,3-5,7H2,1-2H3,(H,14,20). The van der Waals surface area contributed by atoms with Crippen LogP contribution in [0.25, 0.3) is 5.78 Å². The summed E-state index contributed by atoms with van der Waals surface area (Å²) in [4.78, 5) is 20.1. The molecule has 0 fully saturated rings. The van der Waals surface area contributed by atoms with E-state index in [-0.39, 0.29) is 18.4 Å². The Morgan fingerprint density at radius 3 is 3.05 bits per heavy atom. The zero-order chi connectivity index (χ0) is 14.5. The molecule has 7 nitrogen and oxygen atoms in total. The number of carbonyl (C=O) groups excluding carboxylic acids is 1. The Morgan fingerprint density at radius 1 is 1.50 bits per heavy atom. The summed E-state index contributed by atoms with van der Waals surface area (Å²) in [5, 5.41) is 15.8. The summed E-state index contributed by atoms with van der Waals surface area (Å²) in [7, 11) is 0. The molecule has 0 bridgehead atoms. The molecule has 0 aliphatic rings. The molecular formula is C13H19N5O2. The van der Waals surface area contributed by atoms with Crippen LogP contribution in [0.2, 0.25) is 0 Å². The molecular weight excluding hydrogens is 258 g/mol. The van der Waals surface area contributed by atoms with Crippen molar-refractivity contribution in [2.24, 2.45) is 5.92 Å². The third kappa shape index (κ3) is 3.11. The topological polar surface area (TPSA) is 92.4 Å². The highest BCUT2D eigenvalue weighted by Crippen LogP contribution is 2.08. The highest BCUT2D eigenvalue weighted by molar-refractivity contribution is 5.95. The highest BCUT2D eigenvalue weighted by atomic mass is 16.3. The van der Waals surface area contributed by atoms with Crippen molar-refractivity contribution in [3.8, 4) is 0 Å². The Morgan fingerprint density at radius 2 is 2.30 bits per heavy atom. The molecule has 108 valence electrons. The summed E-state index contributed by atoms with van der Waals surface area (Å²) in [6.07, 6.45) is 4.65. The zero-order valence-electron chi connectivity index (χ0n) is 11.7. The van der Waals surface area contributed by atoms with E-state index in [9.17, 15) is 4.79 Å². The summed E-state index contributed by atoms with van der Waals surface area (Å²) < 4.78 is 1.54. The zero-order valence-corrected chi connectivity index (χ0v) is 11.7. The summed E-state index contributed by atoms with van der Waals surface area (Å²) >= 11 is 0. The third-order valence-corrected chi connectivity index (χ3v) is 3.26. The van der Waals surface area contributed by atoms with Gasteiger partial charge in [-0.1, -0.05) is 6.92 Å². The van der Waals surface area contributed by atoms with Gasteiger partial charge in [0, 0.05) is 19.3 Å².